The van der Waals surface area contributed by atoms with Gasteiger partial charge in [0.15, 0.2) is 5.60 Å². The fourth-order valence-corrected chi connectivity index (χ4v) is 1.89. The number of aryl methyl sites for hydroxylation is 1. The van der Waals surface area contributed by atoms with Gasteiger partial charge in [-0.2, -0.15) is 0 Å². The predicted molar refractivity (Wildman–Crippen MR) is 54.0 cm³/mol. The largest absolute Gasteiger partial charge is 0.497 e. The average Bonchev–Trinajstić information content (AvgIpc) is 2.57. The molecule has 0 saturated heterocycles. The number of benzene rings is 1. The summed E-state index contributed by atoms with van der Waals surface area (Å²) in [6.07, 6.45) is 6.77. The minimum Gasteiger partial charge on any atom is -0.497 e. The Morgan fingerprint density at radius 1 is 1.57 bits per heavy atom. The number of hydrogen-bond donors (Lipinski definition) is 1. The van der Waals surface area contributed by atoms with Crippen LogP contribution < -0.4 is 4.74 Å². The second-order valence-corrected chi connectivity index (χ2v) is 3.53. The zero-order chi connectivity index (χ0) is 10.2. The Morgan fingerprint density at radius 2 is 2.36 bits per heavy atom. The van der Waals surface area contributed by atoms with Gasteiger partial charge in [0.2, 0.25) is 0 Å². The molecule has 72 valence electrons. The van der Waals surface area contributed by atoms with Gasteiger partial charge in [-0.3, -0.25) is 0 Å². The fourth-order valence-electron chi connectivity index (χ4n) is 1.89. The summed E-state index contributed by atoms with van der Waals surface area (Å²) in [7, 11) is 1.60. The minimum absolute atomic E-state index is 0.603. The van der Waals surface area contributed by atoms with Gasteiger partial charge in [-0.05, 0) is 30.5 Å². The molecule has 0 saturated carbocycles. The second kappa shape index (κ2) is 3.04. The van der Waals surface area contributed by atoms with E-state index in [9.17, 15) is 5.11 Å². The second-order valence-electron chi connectivity index (χ2n) is 3.53. The number of methoxy groups -OCH3 is 1. The number of rotatable bonds is 1. The maximum absolute atomic E-state index is 10.1. The van der Waals surface area contributed by atoms with Crippen molar-refractivity contribution in [1.29, 1.82) is 0 Å². The molecule has 1 atom stereocenters. The molecule has 0 heterocycles. The lowest BCUT2D eigenvalue weighted by Crippen LogP contribution is -2.19. The molecule has 1 N–H and O–H groups in total. The van der Waals surface area contributed by atoms with Crippen molar-refractivity contribution >= 4 is 0 Å². The molecule has 0 spiro atoms. The van der Waals surface area contributed by atoms with Crippen LogP contribution >= 0.6 is 0 Å². The zero-order valence-electron chi connectivity index (χ0n) is 8.08. The highest BCUT2D eigenvalue weighted by atomic mass is 16.5. The van der Waals surface area contributed by atoms with E-state index >= 15 is 0 Å². The van der Waals surface area contributed by atoms with Gasteiger partial charge < -0.3 is 9.84 Å². The normalized spacial score (nSPS) is 24.1. The first-order valence-corrected chi connectivity index (χ1v) is 4.57. The van der Waals surface area contributed by atoms with Gasteiger partial charge in [0, 0.05) is 5.56 Å². The number of fused-ring (bicyclic) bond motifs is 1. The van der Waals surface area contributed by atoms with Crippen molar-refractivity contribution in [3.05, 3.63) is 29.3 Å². The average molecular weight is 188 g/mol. The van der Waals surface area contributed by atoms with Gasteiger partial charge in [-0.25, -0.2) is 0 Å². The molecule has 2 nitrogen and oxygen atoms in total. The summed E-state index contributed by atoms with van der Waals surface area (Å²) in [5.41, 5.74) is 0.842. The fraction of sp³-hybridized carbons (Fsp3) is 0.333. The number of aliphatic hydroxyl groups is 1. The smallest absolute Gasteiger partial charge is 0.151 e. The highest BCUT2D eigenvalue weighted by molar-refractivity contribution is 5.46. The van der Waals surface area contributed by atoms with Crippen LogP contribution in [-0.4, -0.2) is 12.2 Å². The molecule has 0 aliphatic heterocycles. The molecule has 0 bridgehead atoms. The molecule has 1 aliphatic carbocycles. The number of hydrogen-bond acceptors (Lipinski definition) is 2. The van der Waals surface area contributed by atoms with Crippen LogP contribution in [0.1, 0.15) is 17.5 Å². The first-order chi connectivity index (χ1) is 6.69. The molecule has 0 fully saturated rings. The predicted octanol–water partition coefficient (Wildman–Crippen LogP) is 1.46. The van der Waals surface area contributed by atoms with Gasteiger partial charge in [0.1, 0.15) is 5.75 Å². The van der Waals surface area contributed by atoms with Gasteiger partial charge in [-0.1, -0.05) is 12.0 Å². The van der Waals surface area contributed by atoms with Crippen molar-refractivity contribution in [3.8, 4) is 18.1 Å². The Morgan fingerprint density at radius 3 is 3.00 bits per heavy atom. The lowest BCUT2D eigenvalue weighted by Gasteiger charge is -2.16. The first-order valence-electron chi connectivity index (χ1n) is 4.57. The molecule has 1 aromatic carbocycles. The van der Waals surface area contributed by atoms with Crippen molar-refractivity contribution in [3.63, 3.8) is 0 Å². The third-order valence-corrected chi connectivity index (χ3v) is 2.76. The van der Waals surface area contributed by atoms with Crippen LogP contribution in [0.5, 0.6) is 5.75 Å². The van der Waals surface area contributed by atoms with Crippen molar-refractivity contribution in [2.45, 2.75) is 18.4 Å². The van der Waals surface area contributed by atoms with E-state index in [-0.39, 0.29) is 0 Å². The zero-order valence-corrected chi connectivity index (χ0v) is 8.08. The Bertz CT molecular complexity index is 403. The lowest BCUT2D eigenvalue weighted by atomic mass is 9.97. The molecule has 0 radical (unpaired) electrons. The Labute approximate surface area is 83.5 Å². The van der Waals surface area contributed by atoms with Crippen LogP contribution in [0.4, 0.5) is 0 Å². The molecule has 0 aromatic heterocycles. The van der Waals surface area contributed by atoms with Crippen LogP contribution in [0.3, 0.4) is 0 Å². The standard InChI is InChI=1S/C12H12O2/c1-3-12(13)7-6-9-4-5-10(14-2)8-11(9)12/h1,4-5,8,13H,6-7H2,2H3. The van der Waals surface area contributed by atoms with Crippen molar-refractivity contribution in [2.75, 3.05) is 7.11 Å². The van der Waals surface area contributed by atoms with Crippen LogP contribution in [0, 0.1) is 12.3 Å². The van der Waals surface area contributed by atoms with Crippen molar-refractivity contribution < 1.29 is 9.84 Å². The molecule has 0 amide bonds. The summed E-state index contributed by atoms with van der Waals surface area (Å²) in [5.74, 6) is 3.18. The molecule has 1 aliphatic rings. The summed E-state index contributed by atoms with van der Waals surface area (Å²) in [6, 6.07) is 5.67. The highest BCUT2D eigenvalue weighted by Crippen LogP contribution is 2.38. The van der Waals surface area contributed by atoms with Gasteiger partial charge in [0.05, 0.1) is 7.11 Å². The summed E-state index contributed by atoms with van der Waals surface area (Å²) >= 11 is 0. The minimum atomic E-state index is -1.09. The topological polar surface area (TPSA) is 29.5 Å². The molecular weight excluding hydrogens is 176 g/mol. The Balaban J connectivity index is 2.54. The van der Waals surface area contributed by atoms with Crippen LogP contribution in [0.25, 0.3) is 0 Å². The van der Waals surface area contributed by atoms with E-state index in [1.54, 1.807) is 7.11 Å². The summed E-state index contributed by atoms with van der Waals surface area (Å²) in [5, 5.41) is 10.1. The van der Waals surface area contributed by atoms with Crippen LogP contribution in [0.2, 0.25) is 0 Å². The first kappa shape index (κ1) is 9.11. The van der Waals surface area contributed by atoms with Crippen molar-refractivity contribution in [2.24, 2.45) is 0 Å². The van der Waals surface area contributed by atoms with Gasteiger partial charge >= 0.3 is 0 Å². The monoisotopic (exact) mass is 188 g/mol. The molecule has 1 unspecified atom stereocenters. The third kappa shape index (κ3) is 1.18. The number of terminal acetylenes is 1. The van der Waals surface area contributed by atoms with E-state index in [0.717, 1.165) is 23.3 Å². The van der Waals surface area contributed by atoms with E-state index in [0.29, 0.717) is 6.42 Å². The lowest BCUT2D eigenvalue weighted by molar-refractivity contribution is 0.102. The highest BCUT2D eigenvalue weighted by Gasteiger charge is 2.34. The van der Waals surface area contributed by atoms with Crippen molar-refractivity contribution in [1.82, 2.24) is 0 Å². The quantitative estimate of drug-likeness (QED) is 0.676. The molecular formula is C12H12O2. The molecule has 1 aromatic rings. The van der Waals surface area contributed by atoms with E-state index in [4.69, 9.17) is 11.2 Å². The van der Waals surface area contributed by atoms with Gasteiger partial charge in [0.25, 0.3) is 0 Å². The molecule has 14 heavy (non-hydrogen) atoms. The van der Waals surface area contributed by atoms with Crippen LogP contribution in [-0.2, 0) is 12.0 Å². The molecule has 2 heteroatoms. The summed E-state index contributed by atoms with van der Waals surface area (Å²) < 4.78 is 5.10. The van der Waals surface area contributed by atoms with Gasteiger partial charge in [-0.15, -0.1) is 6.42 Å². The Hall–Kier alpha value is -1.46. The maximum Gasteiger partial charge on any atom is 0.151 e. The van der Waals surface area contributed by atoms with E-state index < -0.39 is 5.60 Å². The maximum atomic E-state index is 10.1. The van der Waals surface area contributed by atoms with E-state index in [1.807, 2.05) is 18.2 Å². The Kier molecular flexibility index (Phi) is 1.98. The third-order valence-electron chi connectivity index (χ3n) is 2.76. The van der Waals surface area contributed by atoms with E-state index in [2.05, 4.69) is 5.92 Å². The number of ether oxygens (including phenoxy) is 1. The molecule has 2 rings (SSSR count). The summed E-state index contributed by atoms with van der Waals surface area (Å²) in [6.45, 7) is 0. The summed E-state index contributed by atoms with van der Waals surface area (Å²) in [4.78, 5) is 0. The SMILES string of the molecule is C#CC1(O)CCc2ccc(OC)cc21. The van der Waals surface area contributed by atoms with E-state index in [1.165, 1.54) is 0 Å². The van der Waals surface area contributed by atoms with Crippen LogP contribution in [0.15, 0.2) is 18.2 Å².